The number of hydrogen-bond acceptors (Lipinski definition) is 4. The van der Waals surface area contributed by atoms with E-state index in [0.29, 0.717) is 5.69 Å². The molecule has 6 heteroatoms. The SMILES string of the molecule is OCc1cccc(C=CC2N=c3ccc(F)cc3=CN2c2ccccc2Br)n1. The van der Waals surface area contributed by atoms with E-state index in [1.165, 1.54) is 12.1 Å². The Morgan fingerprint density at radius 1 is 1.11 bits per heavy atom. The van der Waals surface area contributed by atoms with Gasteiger partial charge in [-0.05, 0) is 70.5 Å². The maximum absolute atomic E-state index is 13.7. The predicted octanol–water partition coefficient (Wildman–Crippen LogP) is 3.39. The van der Waals surface area contributed by atoms with Gasteiger partial charge in [-0.1, -0.05) is 18.2 Å². The Bertz CT molecular complexity index is 1160. The van der Waals surface area contributed by atoms with Crippen LogP contribution in [0.15, 0.2) is 76.2 Å². The standard InChI is InChI=1S/C22H17BrFN3O/c23-19-6-1-2-7-21(19)27-13-15-12-16(24)8-10-20(15)26-22(27)11-9-17-4-3-5-18(14-28)25-17/h1-13,22,28H,14H2. The van der Waals surface area contributed by atoms with Crippen LogP contribution in [0.2, 0.25) is 0 Å². The second kappa shape index (κ2) is 8.04. The number of hydrogen-bond donors (Lipinski definition) is 1. The lowest BCUT2D eigenvalue weighted by Gasteiger charge is -2.29. The molecule has 4 nitrogen and oxygen atoms in total. The summed E-state index contributed by atoms with van der Waals surface area (Å²) >= 11 is 3.59. The zero-order valence-corrected chi connectivity index (χ0v) is 16.4. The van der Waals surface area contributed by atoms with Crippen molar-refractivity contribution >= 4 is 33.9 Å². The van der Waals surface area contributed by atoms with Crippen LogP contribution in [0, 0.1) is 5.82 Å². The molecular formula is C22H17BrFN3O. The van der Waals surface area contributed by atoms with Gasteiger partial charge in [0.1, 0.15) is 12.0 Å². The lowest BCUT2D eigenvalue weighted by Crippen LogP contribution is -2.41. The maximum atomic E-state index is 13.7. The van der Waals surface area contributed by atoms with Crippen molar-refractivity contribution in [3.63, 3.8) is 0 Å². The minimum Gasteiger partial charge on any atom is -0.390 e. The van der Waals surface area contributed by atoms with Crippen LogP contribution in [0.4, 0.5) is 10.1 Å². The van der Waals surface area contributed by atoms with Gasteiger partial charge < -0.3 is 10.0 Å². The lowest BCUT2D eigenvalue weighted by atomic mass is 10.2. The van der Waals surface area contributed by atoms with Gasteiger partial charge in [0, 0.05) is 15.9 Å². The maximum Gasteiger partial charge on any atom is 0.145 e. The molecule has 1 atom stereocenters. The number of halogens is 2. The van der Waals surface area contributed by atoms with Crippen molar-refractivity contribution in [2.75, 3.05) is 4.90 Å². The van der Waals surface area contributed by atoms with E-state index < -0.39 is 0 Å². The van der Waals surface area contributed by atoms with Gasteiger partial charge in [0.2, 0.25) is 0 Å². The zero-order valence-electron chi connectivity index (χ0n) is 14.8. The Balaban J connectivity index is 1.79. The highest BCUT2D eigenvalue weighted by molar-refractivity contribution is 9.10. The molecule has 0 bridgehead atoms. The third kappa shape index (κ3) is 3.88. The molecule has 0 spiro atoms. The van der Waals surface area contributed by atoms with E-state index in [1.54, 1.807) is 12.1 Å². The van der Waals surface area contributed by atoms with Crippen molar-refractivity contribution in [1.82, 2.24) is 4.98 Å². The number of rotatable bonds is 4. The monoisotopic (exact) mass is 437 g/mol. The third-order valence-electron chi connectivity index (χ3n) is 4.38. The van der Waals surface area contributed by atoms with Crippen LogP contribution < -0.4 is 15.5 Å². The van der Waals surface area contributed by atoms with Crippen LogP contribution in [0.3, 0.4) is 0 Å². The number of aromatic nitrogens is 1. The highest BCUT2D eigenvalue weighted by Crippen LogP contribution is 2.29. The number of benzene rings is 2. The Morgan fingerprint density at radius 2 is 1.96 bits per heavy atom. The summed E-state index contributed by atoms with van der Waals surface area (Å²) in [5.41, 5.74) is 2.27. The third-order valence-corrected chi connectivity index (χ3v) is 5.05. The first-order chi connectivity index (χ1) is 13.6. The Kier molecular flexibility index (Phi) is 5.32. The summed E-state index contributed by atoms with van der Waals surface area (Å²) in [6, 6.07) is 17.9. The van der Waals surface area contributed by atoms with Crippen LogP contribution in [0.25, 0.3) is 12.3 Å². The smallest absolute Gasteiger partial charge is 0.145 e. The van der Waals surface area contributed by atoms with Crippen molar-refractivity contribution in [2.24, 2.45) is 4.99 Å². The summed E-state index contributed by atoms with van der Waals surface area (Å²) < 4.78 is 14.6. The molecule has 28 heavy (non-hydrogen) atoms. The number of aliphatic hydroxyl groups excluding tert-OH is 1. The molecule has 0 saturated carbocycles. The van der Waals surface area contributed by atoms with E-state index in [1.807, 2.05) is 59.7 Å². The number of aliphatic hydroxyl groups is 1. The van der Waals surface area contributed by atoms with Gasteiger partial charge in [-0.2, -0.15) is 0 Å². The molecule has 4 rings (SSSR count). The molecule has 0 aliphatic carbocycles. The normalized spacial score (nSPS) is 15.8. The largest absolute Gasteiger partial charge is 0.390 e. The average Bonchev–Trinajstić information content (AvgIpc) is 2.72. The van der Waals surface area contributed by atoms with Crippen molar-refractivity contribution in [3.8, 4) is 0 Å². The second-order valence-corrected chi connectivity index (χ2v) is 7.16. The van der Waals surface area contributed by atoms with E-state index in [-0.39, 0.29) is 18.6 Å². The van der Waals surface area contributed by atoms with E-state index in [2.05, 4.69) is 20.9 Å². The van der Waals surface area contributed by atoms with Gasteiger partial charge in [-0.25, -0.2) is 4.39 Å². The summed E-state index contributed by atoms with van der Waals surface area (Å²) in [6.07, 6.45) is 5.39. The predicted molar refractivity (Wildman–Crippen MR) is 111 cm³/mol. The van der Waals surface area contributed by atoms with Crippen LogP contribution in [0.1, 0.15) is 11.4 Å². The number of anilines is 1. The van der Waals surface area contributed by atoms with Crippen molar-refractivity contribution in [2.45, 2.75) is 12.8 Å². The van der Waals surface area contributed by atoms with Crippen LogP contribution >= 0.6 is 15.9 Å². The Labute approximate surface area is 170 Å². The molecule has 0 amide bonds. The minimum atomic E-state index is -0.323. The summed E-state index contributed by atoms with van der Waals surface area (Å²) in [6.45, 7) is -0.106. The number of fused-ring (bicyclic) bond motifs is 1. The molecule has 1 unspecified atom stereocenters. The fraction of sp³-hybridized carbons (Fsp3) is 0.0909. The molecule has 1 N–H and O–H groups in total. The Morgan fingerprint density at radius 3 is 2.79 bits per heavy atom. The van der Waals surface area contributed by atoms with E-state index in [0.717, 1.165) is 26.4 Å². The van der Waals surface area contributed by atoms with Crippen LogP contribution in [-0.2, 0) is 6.61 Å². The molecule has 3 aromatic rings. The molecule has 0 saturated heterocycles. The van der Waals surface area contributed by atoms with Gasteiger partial charge in [-0.3, -0.25) is 9.98 Å². The fourth-order valence-corrected chi connectivity index (χ4v) is 3.54. The van der Waals surface area contributed by atoms with Gasteiger partial charge in [0.05, 0.1) is 29.0 Å². The van der Waals surface area contributed by atoms with Gasteiger partial charge >= 0.3 is 0 Å². The van der Waals surface area contributed by atoms with Gasteiger partial charge in [-0.15, -0.1) is 0 Å². The zero-order chi connectivity index (χ0) is 19.5. The second-order valence-electron chi connectivity index (χ2n) is 6.30. The summed E-state index contributed by atoms with van der Waals surface area (Å²) in [7, 11) is 0. The van der Waals surface area contributed by atoms with E-state index >= 15 is 0 Å². The quantitative estimate of drug-likeness (QED) is 0.680. The number of nitrogens with zero attached hydrogens (tertiary/aromatic N) is 3. The highest BCUT2D eigenvalue weighted by atomic mass is 79.9. The average molecular weight is 438 g/mol. The van der Waals surface area contributed by atoms with Crippen LogP contribution in [0.5, 0.6) is 0 Å². The molecular weight excluding hydrogens is 421 g/mol. The van der Waals surface area contributed by atoms with Crippen molar-refractivity contribution < 1.29 is 9.50 Å². The molecule has 0 radical (unpaired) electrons. The van der Waals surface area contributed by atoms with Gasteiger partial charge in [0.25, 0.3) is 0 Å². The first kappa shape index (κ1) is 18.5. The molecule has 1 aliphatic rings. The number of pyridine rings is 1. The summed E-state index contributed by atoms with van der Waals surface area (Å²) in [5.74, 6) is -0.295. The molecule has 0 fully saturated rings. The van der Waals surface area contributed by atoms with Crippen molar-refractivity contribution in [3.05, 3.63) is 99.0 Å². The molecule has 1 aliphatic heterocycles. The first-order valence-electron chi connectivity index (χ1n) is 8.77. The molecule has 2 heterocycles. The molecule has 140 valence electrons. The summed E-state index contributed by atoms with van der Waals surface area (Å²) in [5, 5.41) is 10.7. The van der Waals surface area contributed by atoms with E-state index in [9.17, 15) is 9.50 Å². The highest BCUT2D eigenvalue weighted by Gasteiger charge is 2.19. The topological polar surface area (TPSA) is 48.7 Å². The lowest BCUT2D eigenvalue weighted by molar-refractivity contribution is 0.277. The van der Waals surface area contributed by atoms with Gasteiger partial charge in [0.15, 0.2) is 0 Å². The molecule has 1 aromatic heterocycles. The van der Waals surface area contributed by atoms with Crippen molar-refractivity contribution in [1.29, 1.82) is 0 Å². The number of para-hydroxylation sites is 1. The fourth-order valence-electron chi connectivity index (χ4n) is 3.05. The Hall–Kier alpha value is -2.83. The minimum absolute atomic E-state index is 0.106. The first-order valence-corrected chi connectivity index (χ1v) is 9.56. The summed E-state index contributed by atoms with van der Waals surface area (Å²) in [4.78, 5) is 11.2. The van der Waals surface area contributed by atoms with E-state index in [4.69, 9.17) is 4.99 Å². The molecule has 2 aromatic carbocycles. The van der Waals surface area contributed by atoms with Crippen LogP contribution in [-0.4, -0.2) is 16.3 Å².